The number of aliphatic hydroxyl groups is 1. The molecule has 1 fully saturated rings. The highest BCUT2D eigenvalue weighted by Crippen LogP contribution is 2.36. The second-order valence-electron chi connectivity index (χ2n) is 8.82. The Labute approximate surface area is 191 Å². The van der Waals surface area contributed by atoms with Gasteiger partial charge in [-0.3, -0.25) is 4.90 Å². The Bertz CT molecular complexity index is 976. The van der Waals surface area contributed by atoms with Crippen LogP contribution in [0.5, 0.6) is 5.75 Å². The number of rotatable bonds is 8. The van der Waals surface area contributed by atoms with Crippen molar-refractivity contribution in [2.75, 3.05) is 19.7 Å². The third kappa shape index (κ3) is 5.39. The monoisotopic (exact) mass is 431 g/mol. The summed E-state index contributed by atoms with van der Waals surface area (Å²) in [5.74, 6) is 0.814. The van der Waals surface area contributed by atoms with Crippen molar-refractivity contribution in [3.8, 4) is 5.75 Å². The zero-order chi connectivity index (χ0) is 22.4. The Morgan fingerprint density at radius 2 is 1.62 bits per heavy atom. The molecule has 2 atom stereocenters. The zero-order valence-corrected chi connectivity index (χ0v) is 19.0. The van der Waals surface area contributed by atoms with Crippen LogP contribution in [0.2, 0.25) is 0 Å². The fourth-order valence-electron chi connectivity index (χ4n) is 4.41. The van der Waals surface area contributed by atoms with Gasteiger partial charge < -0.3 is 14.6 Å². The maximum absolute atomic E-state index is 12.2. The topological polar surface area (TPSA) is 41.9 Å². The highest BCUT2D eigenvalue weighted by Gasteiger charge is 2.42. The number of morpholine rings is 1. The first kappa shape index (κ1) is 22.5. The molecule has 0 saturated carbocycles. The van der Waals surface area contributed by atoms with Gasteiger partial charge in [-0.2, -0.15) is 0 Å². The van der Waals surface area contributed by atoms with Crippen LogP contribution < -0.4 is 4.74 Å². The lowest BCUT2D eigenvalue weighted by atomic mass is 9.81. The highest BCUT2D eigenvalue weighted by molar-refractivity contribution is 5.37. The molecule has 4 nitrogen and oxygen atoms in total. The van der Waals surface area contributed by atoms with Crippen LogP contribution in [-0.4, -0.2) is 41.9 Å². The smallest absolute Gasteiger partial charge is 0.122 e. The summed E-state index contributed by atoms with van der Waals surface area (Å²) in [5, 5.41) is 12.2. The summed E-state index contributed by atoms with van der Waals surface area (Å²) in [4.78, 5) is 2.37. The second kappa shape index (κ2) is 10.3. The Balaban J connectivity index is 1.62. The molecule has 4 rings (SSSR count). The second-order valence-corrected chi connectivity index (χ2v) is 8.82. The Morgan fingerprint density at radius 1 is 0.969 bits per heavy atom. The molecule has 0 spiro atoms. The van der Waals surface area contributed by atoms with Crippen LogP contribution in [0.1, 0.15) is 30.5 Å². The van der Waals surface area contributed by atoms with Crippen molar-refractivity contribution in [2.45, 2.75) is 44.6 Å². The third-order valence-corrected chi connectivity index (χ3v) is 6.00. The fourth-order valence-corrected chi connectivity index (χ4v) is 4.41. The van der Waals surface area contributed by atoms with Gasteiger partial charge in [0.25, 0.3) is 0 Å². The summed E-state index contributed by atoms with van der Waals surface area (Å²) in [6.45, 7) is 6.99. The van der Waals surface area contributed by atoms with Crippen molar-refractivity contribution in [3.63, 3.8) is 0 Å². The number of hydrogen-bond acceptors (Lipinski definition) is 4. The van der Waals surface area contributed by atoms with Crippen molar-refractivity contribution in [2.24, 2.45) is 0 Å². The van der Waals surface area contributed by atoms with Gasteiger partial charge in [-0.1, -0.05) is 78.9 Å². The van der Waals surface area contributed by atoms with Gasteiger partial charge in [-0.25, -0.2) is 0 Å². The van der Waals surface area contributed by atoms with E-state index in [2.05, 4.69) is 29.2 Å². The molecule has 0 bridgehead atoms. The lowest BCUT2D eigenvalue weighted by Gasteiger charge is -2.42. The van der Waals surface area contributed by atoms with Gasteiger partial charge in [0, 0.05) is 26.1 Å². The predicted molar refractivity (Wildman–Crippen MR) is 128 cm³/mol. The van der Waals surface area contributed by atoms with Crippen molar-refractivity contribution in [3.05, 3.63) is 102 Å². The summed E-state index contributed by atoms with van der Waals surface area (Å²) in [6, 6.07) is 28.4. The van der Waals surface area contributed by atoms with E-state index in [1.54, 1.807) is 0 Å². The molecule has 32 heavy (non-hydrogen) atoms. The number of hydrogen-bond donors (Lipinski definition) is 1. The molecule has 1 saturated heterocycles. The molecule has 1 N–H and O–H groups in total. The molecular formula is C28H33NO3. The number of para-hydroxylation sites is 1. The average Bonchev–Trinajstić information content (AvgIpc) is 2.81. The van der Waals surface area contributed by atoms with Crippen molar-refractivity contribution < 1.29 is 14.6 Å². The number of ether oxygens (including phenoxy) is 2. The molecule has 4 heteroatoms. The predicted octanol–water partition coefficient (Wildman–Crippen LogP) is 4.81. The van der Waals surface area contributed by atoms with E-state index in [1.165, 1.54) is 5.56 Å². The molecule has 0 radical (unpaired) electrons. The maximum atomic E-state index is 12.2. The highest BCUT2D eigenvalue weighted by atomic mass is 16.5. The lowest BCUT2D eigenvalue weighted by molar-refractivity contribution is -0.150. The fraction of sp³-hybridized carbons (Fsp3) is 0.357. The van der Waals surface area contributed by atoms with Crippen molar-refractivity contribution in [1.29, 1.82) is 0 Å². The summed E-state index contributed by atoms with van der Waals surface area (Å²) < 4.78 is 12.3. The van der Waals surface area contributed by atoms with Crippen LogP contribution >= 0.6 is 0 Å². The van der Waals surface area contributed by atoms with Crippen LogP contribution in [-0.2, 0) is 23.3 Å². The summed E-state index contributed by atoms with van der Waals surface area (Å²) in [5.41, 5.74) is 1.95. The van der Waals surface area contributed by atoms with E-state index in [0.29, 0.717) is 19.6 Å². The molecule has 1 unspecified atom stereocenters. The van der Waals surface area contributed by atoms with E-state index >= 15 is 0 Å². The van der Waals surface area contributed by atoms with E-state index in [1.807, 2.05) is 74.5 Å². The van der Waals surface area contributed by atoms with Crippen LogP contribution in [0.4, 0.5) is 0 Å². The average molecular weight is 432 g/mol. The van der Waals surface area contributed by atoms with Crippen LogP contribution in [0.25, 0.3) is 0 Å². The molecule has 168 valence electrons. The molecule has 0 amide bonds. The quantitative estimate of drug-likeness (QED) is 0.556. The van der Waals surface area contributed by atoms with E-state index < -0.39 is 5.60 Å². The van der Waals surface area contributed by atoms with Crippen LogP contribution in [0, 0.1) is 0 Å². The number of nitrogens with zero attached hydrogens (tertiary/aromatic N) is 1. The SMILES string of the molecule is CC(C)Oc1ccccc1C[C@@](O)(c1ccccc1)C1CN(Cc2ccccc2)CCO1. The van der Waals surface area contributed by atoms with Gasteiger partial charge >= 0.3 is 0 Å². The maximum Gasteiger partial charge on any atom is 0.122 e. The molecule has 3 aromatic carbocycles. The van der Waals surface area contributed by atoms with Gasteiger partial charge in [0.15, 0.2) is 0 Å². The van der Waals surface area contributed by atoms with Gasteiger partial charge in [0.05, 0.1) is 12.7 Å². The van der Waals surface area contributed by atoms with Crippen LogP contribution in [0.15, 0.2) is 84.9 Å². The zero-order valence-electron chi connectivity index (χ0n) is 19.0. The minimum absolute atomic E-state index is 0.0632. The Hall–Kier alpha value is -2.66. The standard InChI is InChI=1S/C28H33NO3/c1-22(2)32-26-16-10-9-13-24(26)19-28(30,25-14-7-4-8-15-25)27-21-29(17-18-31-27)20-23-11-5-3-6-12-23/h3-16,22,27,30H,17-21H2,1-2H3/t27?,28-/m1/s1. The molecular weight excluding hydrogens is 398 g/mol. The largest absolute Gasteiger partial charge is 0.491 e. The van der Waals surface area contributed by atoms with Crippen molar-refractivity contribution >= 4 is 0 Å². The van der Waals surface area contributed by atoms with E-state index in [9.17, 15) is 5.11 Å². The molecule has 1 aliphatic heterocycles. The minimum Gasteiger partial charge on any atom is -0.491 e. The van der Waals surface area contributed by atoms with Crippen molar-refractivity contribution in [1.82, 2.24) is 4.90 Å². The normalized spacial score (nSPS) is 18.9. The first-order chi connectivity index (χ1) is 15.5. The number of benzene rings is 3. The third-order valence-electron chi connectivity index (χ3n) is 6.00. The minimum atomic E-state index is -1.17. The lowest BCUT2D eigenvalue weighted by Crippen LogP contribution is -2.53. The van der Waals surface area contributed by atoms with E-state index in [-0.39, 0.29) is 12.2 Å². The summed E-state index contributed by atoms with van der Waals surface area (Å²) >= 11 is 0. The van der Waals surface area contributed by atoms with Crippen LogP contribution in [0.3, 0.4) is 0 Å². The summed E-state index contributed by atoms with van der Waals surface area (Å²) in [6.07, 6.45) is 0.131. The molecule has 1 aliphatic rings. The molecule has 0 aliphatic carbocycles. The molecule has 3 aromatic rings. The van der Waals surface area contributed by atoms with Gasteiger partial charge in [-0.15, -0.1) is 0 Å². The Kier molecular flexibility index (Phi) is 7.26. The molecule has 1 heterocycles. The van der Waals surface area contributed by atoms with Gasteiger partial charge in [-0.05, 0) is 36.6 Å². The summed E-state index contributed by atoms with van der Waals surface area (Å²) in [7, 11) is 0. The first-order valence-corrected chi connectivity index (χ1v) is 11.4. The Morgan fingerprint density at radius 3 is 2.34 bits per heavy atom. The molecule has 0 aromatic heterocycles. The van der Waals surface area contributed by atoms with Gasteiger partial charge in [0.1, 0.15) is 17.5 Å². The van der Waals surface area contributed by atoms with Gasteiger partial charge in [0.2, 0.25) is 0 Å². The van der Waals surface area contributed by atoms with E-state index in [4.69, 9.17) is 9.47 Å². The first-order valence-electron chi connectivity index (χ1n) is 11.4. The van der Waals surface area contributed by atoms with E-state index in [0.717, 1.165) is 30.0 Å².